The standard InChI is InChI=1S/C16H14N3O/c1-10-9-11(2)17-15-13(10)7-8-14(18-15)19-16(20)12-5-3-4-6-12/h3-9H,1-2H3,(H,17,18,19,20). The van der Waals surface area contributed by atoms with Crippen LogP contribution in [0.5, 0.6) is 0 Å². The summed E-state index contributed by atoms with van der Waals surface area (Å²) in [5, 5.41) is 3.79. The van der Waals surface area contributed by atoms with Gasteiger partial charge in [0.05, 0.1) is 5.92 Å². The molecule has 2 aromatic heterocycles. The molecule has 4 heteroatoms. The van der Waals surface area contributed by atoms with E-state index in [1.54, 1.807) is 18.9 Å². The Balaban J connectivity index is 1.87. The molecule has 2 heterocycles. The van der Waals surface area contributed by atoms with Crippen LogP contribution in [0.4, 0.5) is 5.82 Å². The maximum Gasteiger partial charge on any atom is 0.233 e. The van der Waals surface area contributed by atoms with E-state index in [1.165, 1.54) is 0 Å². The first-order valence-corrected chi connectivity index (χ1v) is 6.41. The SMILES string of the molecule is Cc1cc(C)c2ccc(NC(=O)[C]3[CH][CH][CH][CH]3)nc2n1. The van der Waals surface area contributed by atoms with Gasteiger partial charge in [0.1, 0.15) is 5.82 Å². The molecule has 0 saturated heterocycles. The molecule has 1 saturated carbocycles. The molecule has 1 aliphatic rings. The maximum absolute atomic E-state index is 12.0. The average molecular weight is 264 g/mol. The lowest BCUT2D eigenvalue weighted by atomic mass is 10.1. The Kier molecular flexibility index (Phi) is 3.38. The zero-order chi connectivity index (χ0) is 14.1. The third-order valence-corrected chi connectivity index (χ3v) is 3.17. The number of anilines is 1. The van der Waals surface area contributed by atoms with Crippen molar-refractivity contribution in [2.24, 2.45) is 0 Å². The monoisotopic (exact) mass is 264 g/mol. The van der Waals surface area contributed by atoms with Crippen LogP contribution in [0.25, 0.3) is 11.0 Å². The summed E-state index contributed by atoms with van der Waals surface area (Å²) in [5.74, 6) is 0.979. The second-order valence-electron chi connectivity index (χ2n) is 4.78. The molecule has 0 aliphatic heterocycles. The molecule has 0 aromatic carbocycles. The molecule has 5 radical (unpaired) electrons. The van der Waals surface area contributed by atoms with Crippen LogP contribution in [-0.4, -0.2) is 15.9 Å². The Morgan fingerprint density at radius 3 is 2.60 bits per heavy atom. The predicted molar refractivity (Wildman–Crippen MR) is 78.1 cm³/mol. The van der Waals surface area contributed by atoms with E-state index < -0.39 is 0 Å². The maximum atomic E-state index is 12.0. The minimum atomic E-state index is -0.161. The van der Waals surface area contributed by atoms with Gasteiger partial charge in [0.2, 0.25) is 5.91 Å². The number of aryl methyl sites for hydroxylation is 2. The zero-order valence-corrected chi connectivity index (χ0v) is 11.3. The molecule has 0 bridgehead atoms. The highest BCUT2D eigenvalue weighted by molar-refractivity contribution is 6.05. The van der Waals surface area contributed by atoms with Crippen LogP contribution in [-0.2, 0) is 4.79 Å². The Labute approximate surface area is 118 Å². The van der Waals surface area contributed by atoms with Gasteiger partial charge in [-0.25, -0.2) is 9.97 Å². The Hall–Kier alpha value is -1.97. The van der Waals surface area contributed by atoms with Crippen molar-refractivity contribution in [1.82, 2.24) is 9.97 Å². The van der Waals surface area contributed by atoms with Crippen LogP contribution in [0.2, 0.25) is 0 Å². The molecule has 4 nitrogen and oxygen atoms in total. The van der Waals surface area contributed by atoms with E-state index in [-0.39, 0.29) is 5.91 Å². The first-order valence-electron chi connectivity index (χ1n) is 6.41. The molecule has 3 rings (SSSR count). The highest BCUT2D eigenvalue weighted by Gasteiger charge is 2.24. The summed E-state index contributed by atoms with van der Waals surface area (Å²) in [4.78, 5) is 20.8. The summed E-state index contributed by atoms with van der Waals surface area (Å²) in [6.07, 6.45) is 7.19. The van der Waals surface area contributed by atoms with Crippen molar-refractivity contribution in [3.05, 3.63) is 61.1 Å². The summed E-state index contributed by atoms with van der Waals surface area (Å²) in [7, 11) is 0. The third-order valence-electron chi connectivity index (χ3n) is 3.17. The second kappa shape index (κ2) is 5.19. The van der Waals surface area contributed by atoms with Gasteiger partial charge >= 0.3 is 0 Å². The van der Waals surface area contributed by atoms with Gasteiger partial charge in [0, 0.05) is 11.1 Å². The molecular formula is C16H14N3O. The van der Waals surface area contributed by atoms with E-state index in [4.69, 9.17) is 0 Å². The number of aromatic nitrogens is 2. The first kappa shape index (κ1) is 13.0. The Morgan fingerprint density at radius 1 is 1.10 bits per heavy atom. The number of pyridine rings is 2. The van der Waals surface area contributed by atoms with Crippen LogP contribution >= 0.6 is 0 Å². The smallest absolute Gasteiger partial charge is 0.233 e. The van der Waals surface area contributed by atoms with E-state index in [9.17, 15) is 4.79 Å². The number of nitrogens with zero attached hydrogens (tertiary/aromatic N) is 2. The van der Waals surface area contributed by atoms with Crippen LogP contribution in [0, 0.1) is 45.4 Å². The summed E-state index contributed by atoms with van der Waals surface area (Å²) in [6, 6.07) is 5.75. The van der Waals surface area contributed by atoms with Gasteiger partial charge in [-0.05, 0) is 63.3 Å². The van der Waals surface area contributed by atoms with Crippen LogP contribution in [0.3, 0.4) is 0 Å². The number of nitrogens with one attached hydrogen (secondary N) is 1. The minimum absolute atomic E-state index is 0.161. The van der Waals surface area contributed by atoms with Crippen LogP contribution in [0.15, 0.2) is 18.2 Å². The van der Waals surface area contributed by atoms with E-state index in [0.717, 1.165) is 16.6 Å². The highest BCUT2D eigenvalue weighted by Crippen LogP contribution is 2.25. The van der Waals surface area contributed by atoms with Crippen molar-refractivity contribution in [3.63, 3.8) is 0 Å². The van der Waals surface area contributed by atoms with E-state index in [2.05, 4.69) is 15.3 Å². The molecule has 20 heavy (non-hydrogen) atoms. The molecule has 1 N–H and O–H groups in total. The lowest BCUT2D eigenvalue weighted by molar-refractivity contribution is -0.113. The molecule has 0 spiro atoms. The fraction of sp³-hybridized carbons (Fsp3) is 0.125. The van der Waals surface area contributed by atoms with Gasteiger partial charge in [-0.3, -0.25) is 4.79 Å². The van der Waals surface area contributed by atoms with Crippen molar-refractivity contribution in [2.75, 3.05) is 5.32 Å². The van der Waals surface area contributed by atoms with Crippen molar-refractivity contribution in [1.29, 1.82) is 0 Å². The molecule has 1 aliphatic carbocycles. The molecule has 1 amide bonds. The number of rotatable bonds is 2. The van der Waals surface area contributed by atoms with E-state index in [1.807, 2.05) is 38.8 Å². The lowest BCUT2D eigenvalue weighted by Gasteiger charge is -2.10. The molecule has 2 aromatic rings. The second-order valence-corrected chi connectivity index (χ2v) is 4.78. The summed E-state index contributed by atoms with van der Waals surface area (Å²) < 4.78 is 0. The largest absolute Gasteiger partial charge is 0.310 e. The number of amides is 1. The van der Waals surface area contributed by atoms with Crippen molar-refractivity contribution in [3.8, 4) is 0 Å². The molecule has 1 fully saturated rings. The Morgan fingerprint density at radius 2 is 1.85 bits per heavy atom. The predicted octanol–water partition coefficient (Wildman–Crippen LogP) is 2.59. The zero-order valence-electron chi connectivity index (χ0n) is 11.3. The van der Waals surface area contributed by atoms with Gasteiger partial charge in [0.25, 0.3) is 0 Å². The Bertz CT molecular complexity index is 660. The molecule has 0 unspecified atom stereocenters. The van der Waals surface area contributed by atoms with Gasteiger partial charge in [-0.2, -0.15) is 0 Å². The van der Waals surface area contributed by atoms with Crippen molar-refractivity contribution >= 4 is 22.8 Å². The topological polar surface area (TPSA) is 54.9 Å². The molecule has 0 atom stereocenters. The van der Waals surface area contributed by atoms with Gasteiger partial charge in [0.15, 0.2) is 5.65 Å². The van der Waals surface area contributed by atoms with Crippen molar-refractivity contribution < 1.29 is 4.79 Å². The van der Waals surface area contributed by atoms with E-state index in [0.29, 0.717) is 17.4 Å². The number of hydrogen-bond donors (Lipinski definition) is 1. The van der Waals surface area contributed by atoms with Gasteiger partial charge < -0.3 is 5.32 Å². The summed E-state index contributed by atoms with van der Waals surface area (Å²) in [5.41, 5.74) is 2.71. The molecular weight excluding hydrogens is 250 g/mol. The van der Waals surface area contributed by atoms with Crippen molar-refractivity contribution in [2.45, 2.75) is 13.8 Å². The number of carbonyl (C=O) groups is 1. The minimum Gasteiger partial charge on any atom is -0.310 e. The number of carbonyl (C=O) groups excluding carboxylic acids is 1. The first-order chi connectivity index (χ1) is 9.63. The lowest BCUT2D eigenvalue weighted by Crippen LogP contribution is -2.20. The van der Waals surface area contributed by atoms with Crippen LogP contribution in [0.1, 0.15) is 11.3 Å². The van der Waals surface area contributed by atoms with Gasteiger partial charge in [-0.1, -0.05) is 0 Å². The van der Waals surface area contributed by atoms with Crippen LogP contribution < -0.4 is 5.32 Å². The average Bonchev–Trinajstić information content (AvgIpc) is 2.91. The van der Waals surface area contributed by atoms with Gasteiger partial charge in [-0.15, -0.1) is 0 Å². The third kappa shape index (κ3) is 2.50. The number of hydrogen-bond acceptors (Lipinski definition) is 3. The highest BCUT2D eigenvalue weighted by atomic mass is 16.1. The fourth-order valence-corrected chi connectivity index (χ4v) is 2.22. The summed E-state index contributed by atoms with van der Waals surface area (Å²) >= 11 is 0. The summed E-state index contributed by atoms with van der Waals surface area (Å²) in [6.45, 7) is 3.96. The normalized spacial score (nSPS) is 15.7. The number of fused-ring (bicyclic) bond motifs is 1. The molecule has 99 valence electrons. The quantitative estimate of drug-likeness (QED) is 0.907. The fourth-order valence-electron chi connectivity index (χ4n) is 2.22. The van der Waals surface area contributed by atoms with E-state index >= 15 is 0 Å².